The number of rotatable bonds is 5. The van der Waals surface area contributed by atoms with Gasteiger partial charge in [0.2, 0.25) is 0 Å². The first kappa shape index (κ1) is 14.6. The SMILES string of the molecule is O=C(NC(CCO)C1CC1)c1cc(F)c(Cl)cc1Cl. The van der Waals surface area contributed by atoms with Crippen LogP contribution in [0, 0.1) is 11.7 Å². The summed E-state index contributed by atoms with van der Waals surface area (Å²) in [5.74, 6) is -0.723. The first-order chi connectivity index (χ1) is 9.02. The number of amides is 1. The third-order valence-corrected chi connectivity index (χ3v) is 3.80. The summed E-state index contributed by atoms with van der Waals surface area (Å²) in [5.41, 5.74) is 0.0622. The van der Waals surface area contributed by atoms with Crippen molar-refractivity contribution >= 4 is 29.1 Å². The van der Waals surface area contributed by atoms with E-state index in [2.05, 4.69) is 5.32 Å². The Hall–Kier alpha value is -0.840. The van der Waals surface area contributed by atoms with Crippen molar-refractivity contribution in [3.05, 3.63) is 33.6 Å². The molecule has 1 aliphatic carbocycles. The highest BCUT2D eigenvalue weighted by atomic mass is 35.5. The molecule has 2 rings (SSSR count). The first-order valence-corrected chi connectivity index (χ1v) is 6.84. The lowest BCUT2D eigenvalue weighted by atomic mass is 10.1. The van der Waals surface area contributed by atoms with Crippen molar-refractivity contribution in [3.63, 3.8) is 0 Å². The normalized spacial score (nSPS) is 16.2. The van der Waals surface area contributed by atoms with Gasteiger partial charge in [0.05, 0.1) is 15.6 Å². The average Bonchev–Trinajstić information content (AvgIpc) is 3.17. The minimum atomic E-state index is -0.679. The summed E-state index contributed by atoms with van der Waals surface area (Å²) in [6, 6.07) is 2.15. The molecule has 1 aromatic rings. The molecule has 0 aliphatic heterocycles. The van der Waals surface area contributed by atoms with E-state index >= 15 is 0 Å². The van der Waals surface area contributed by atoms with E-state index in [1.54, 1.807) is 0 Å². The summed E-state index contributed by atoms with van der Waals surface area (Å²) >= 11 is 11.5. The van der Waals surface area contributed by atoms with Crippen LogP contribution in [0.1, 0.15) is 29.6 Å². The highest BCUT2D eigenvalue weighted by Crippen LogP contribution is 2.34. The molecule has 19 heavy (non-hydrogen) atoms. The van der Waals surface area contributed by atoms with E-state index in [-0.39, 0.29) is 28.3 Å². The summed E-state index contributed by atoms with van der Waals surface area (Å²) in [7, 11) is 0. The molecular formula is C13H14Cl2FNO2. The van der Waals surface area contributed by atoms with E-state index in [1.807, 2.05) is 0 Å². The van der Waals surface area contributed by atoms with Gasteiger partial charge < -0.3 is 10.4 Å². The van der Waals surface area contributed by atoms with Crippen LogP contribution in [-0.4, -0.2) is 23.7 Å². The number of carbonyl (C=O) groups excluding carboxylic acids is 1. The second-order valence-electron chi connectivity index (χ2n) is 4.68. The number of hydrogen-bond acceptors (Lipinski definition) is 2. The molecule has 0 saturated heterocycles. The zero-order valence-corrected chi connectivity index (χ0v) is 11.6. The summed E-state index contributed by atoms with van der Waals surface area (Å²) in [6.45, 7) is 0.00412. The van der Waals surface area contributed by atoms with Crippen molar-refractivity contribution in [2.45, 2.75) is 25.3 Å². The van der Waals surface area contributed by atoms with Crippen molar-refractivity contribution in [2.24, 2.45) is 5.92 Å². The van der Waals surface area contributed by atoms with Crippen LogP contribution in [0.2, 0.25) is 10.0 Å². The van der Waals surface area contributed by atoms with Crippen LogP contribution in [0.4, 0.5) is 4.39 Å². The lowest BCUT2D eigenvalue weighted by Gasteiger charge is -2.17. The summed E-state index contributed by atoms with van der Waals surface area (Å²) in [6.07, 6.45) is 2.56. The molecule has 1 saturated carbocycles. The Morgan fingerprint density at radius 3 is 2.68 bits per heavy atom. The maximum absolute atomic E-state index is 13.4. The monoisotopic (exact) mass is 305 g/mol. The van der Waals surface area contributed by atoms with E-state index in [1.165, 1.54) is 6.07 Å². The van der Waals surface area contributed by atoms with Gasteiger partial charge in [0.25, 0.3) is 5.91 Å². The van der Waals surface area contributed by atoms with Crippen molar-refractivity contribution < 1.29 is 14.3 Å². The fourth-order valence-electron chi connectivity index (χ4n) is 2.01. The predicted molar refractivity (Wildman–Crippen MR) is 72.1 cm³/mol. The second-order valence-corrected chi connectivity index (χ2v) is 5.49. The maximum atomic E-state index is 13.4. The van der Waals surface area contributed by atoms with Crippen LogP contribution in [0.5, 0.6) is 0 Å². The number of benzene rings is 1. The highest BCUT2D eigenvalue weighted by molar-refractivity contribution is 6.36. The Bertz CT molecular complexity index is 492. The van der Waals surface area contributed by atoms with Crippen LogP contribution in [0.3, 0.4) is 0 Å². The number of aliphatic hydroxyl groups excluding tert-OH is 1. The lowest BCUT2D eigenvalue weighted by Crippen LogP contribution is -2.37. The Morgan fingerprint density at radius 2 is 2.11 bits per heavy atom. The minimum absolute atomic E-state index is 0.00412. The van der Waals surface area contributed by atoms with Crippen LogP contribution in [0.15, 0.2) is 12.1 Å². The van der Waals surface area contributed by atoms with Gasteiger partial charge in [0.15, 0.2) is 0 Å². The highest BCUT2D eigenvalue weighted by Gasteiger charge is 2.32. The third-order valence-electron chi connectivity index (χ3n) is 3.20. The Labute approximate surface area is 120 Å². The molecule has 1 aromatic carbocycles. The topological polar surface area (TPSA) is 49.3 Å². The Balaban J connectivity index is 2.12. The molecule has 0 spiro atoms. The van der Waals surface area contributed by atoms with Crippen molar-refractivity contribution in [1.29, 1.82) is 0 Å². The zero-order valence-electron chi connectivity index (χ0n) is 10.1. The molecule has 6 heteroatoms. The van der Waals surface area contributed by atoms with Gasteiger partial charge in [-0.1, -0.05) is 23.2 Å². The molecule has 1 unspecified atom stereocenters. The van der Waals surface area contributed by atoms with Crippen molar-refractivity contribution in [3.8, 4) is 0 Å². The first-order valence-electron chi connectivity index (χ1n) is 6.09. The molecule has 0 heterocycles. The third kappa shape index (κ3) is 3.59. The van der Waals surface area contributed by atoms with Crippen molar-refractivity contribution in [2.75, 3.05) is 6.61 Å². The average molecular weight is 306 g/mol. The quantitative estimate of drug-likeness (QED) is 0.822. The van der Waals surface area contributed by atoms with Crippen LogP contribution < -0.4 is 5.32 Å². The number of nitrogens with one attached hydrogen (secondary N) is 1. The maximum Gasteiger partial charge on any atom is 0.253 e. The molecule has 2 N–H and O–H groups in total. The van der Waals surface area contributed by atoms with E-state index in [0.29, 0.717) is 12.3 Å². The molecule has 1 fully saturated rings. The predicted octanol–water partition coefficient (Wildman–Crippen LogP) is 3.02. The smallest absolute Gasteiger partial charge is 0.253 e. The van der Waals surface area contributed by atoms with Crippen molar-refractivity contribution in [1.82, 2.24) is 5.32 Å². The van der Waals surface area contributed by atoms with Gasteiger partial charge >= 0.3 is 0 Å². The number of carbonyl (C=O) groups is 1. The second kappa shape index (κ2) is 6.07. The standard InChI is InChI=1S/C13H14Cl2FNO2/c14-9-6-10(15)11(16)5-8(9)13(19)17-12(3-4-18)7-1-2-7/h5-7,12,18H,1-4H2,(H,17,19). The fraction of sp³-hybridized carbons (Fsp3) is 0.462. The fourth-order valence-corrected chi connectivity index (χ4v) is 2.48. The molecular weight excluding hydrogens is 292 g/mol. The summed E-state index contributed by atoms with van der Waals surface area (Å²) in [5, 5.41) is 11.8. The summed E-state index contributed by atoms with van der Waals surface area (Å²) < 4.78 is 13.4. The van der Waals surface area contributed by atoms with Crippen LogP contribution in [-0.2, 0) is 0 Å². The van der Waals surface area contributed by atoms with Crippen LogP contribution in [0.25, 0.3) is 0 Å². The van der Waals surface area contributed by atoms with Gasteiger partial charge in [-0.05, 0) is 37.3 Å². The van der Waals surface area contributed by atoms with Gasteiger partial charge in [0, 0.05) is 12.6 Å². The van der Waals surface area contributed by atoms with Gasteiger partial charge in [-0.2, -0.15) is 0 Å². The molecule has 0 aromatic heterocycles. The van der Waals surface area contributed by atoms with E-state index < -0.39 is 11.7 Å². The minimum Gasteiger partial charge on any atom is -0.396 e. The lowest BCUT2D eigenvalue weighted by molar-refractivity contribution is 0.0924. The summed E-state index contributed by atoms with van der Waals surface area (Å²) in [4.78, 5) is 12.1. The molecule has 104 valence electrons. The molecule has 1 aliphatic rings. The van der Waals surface area contributed by atoms with Gasteiger partial charge in [0.1, 0.15) is 5.82 Å². The molecule has 0 bridgehead atoms. The Kier molecular flexibility index (Phi) is 4.66. The molecule has 3 nitrogen and oxygen atoms in total. The van der Waals surface area contributed by atoms with Gasteiger partial charge in [-0.3, -0.25) is 4.79 Å². The van der Waals surface area contributed by atoms with E-state index in [4.69, 9.17) is 28.3 Å². The molecule has 0 radical (unpaired) electrons. The zero-order chi connectivity index (χ0) is 14.0. The van der Waals surface area contributed by atoms with E-state index in [9.17, 15) is 9.18 Å². The number of aliphatic hydroxyl groups is 1. The largest absolute Gasteiger partial charge is 0.396 e. The molecule has 1 amide bonds. The Morgan fingerprint density at radius 1 is 1.42 bits per heavy atom. The van der Waals surface area contributed by atoms with E-state index in [0.717, 1.165) is 18.9 Å². The van der Waals surface area contributed by atoms with Gasteiger partial charge in [-0.25, -0.2) is 4.39 Å². The number of halogens is 3. The van der Waals surface area contributed by atoms with Crippen LogP contribution >= 0.6 is 23.2 Å². The van der Waals surface area contributed by atoms with Gasteiger partial charge in [-0.15, -0.1) is 0 Å². The molecule has 1 atom stereocenters. The number of hydrogen-bond donors (Lipinski definition) is 2.